The van der Waals surface area contributed by atoms with E-state index in [2.05, 4.69) is 55.6 Å². The van der Waals surface area contributed by atoms with Crippen molar-refractivity contribution in [2.45, 2.75) is 379 Å². The molecule has 430 valence electrons. The van der Waals surface area contributed by atoms with Crippen LogP contribution in [0.4, 0.5) is 0 Å². The summed E-state index contributed by atoms with van der Waals surface area (Å²) in [5.74, 6) is -0.0722. The second-order valence-corrected chi connectivity index (χ2v) is 22.9. The third-order valence-electron chi connectivity index (χ3n) is 15.5. The normalized spacial score (nSPS) is 13.0. The minimum Gasteiger partial charge on any atom is -0.394 e. The van der Waals surface area contributed by atoms with Crippen LogP contribution in [0.2, 0.25) is 0 Å². The molecule has 0 saturated heterocycles. The van der Waals surface area contributed by atoms with Crippen LogP contribution in [0.5, 0.6) is 0 Å². The minimum absolute atomic E-state index is 0.0722. The molecular formula is C69H131NO3. The number of aliphatic hydroxyl groups is 2. The van der Waals surface area contributed by atoms with Crippen molar-refractivity contribution in [1.29, 1.82) is 0 Å². The lowest BCUT2D eigenvalue weighted by atomic mass is 10.0. The van der Waals surface area contributed by atoms with Crippen molar-refractivity contribution in [2.24, 2.45) is 0 Å². The Morgan fingerprint density at radius 3 is 0.795 bits per heavy atom. The van der Waals surface area contributed by atoms with E-state index in [1.165, 1.54) is 308 Å². The zero-order valence-electron chi connectivity index (χ0n) is 49.7. The highest BCUT2D eigenvalue weighted by atomic mass is 16.3. The fourth-order valence-corrected chi connectivity index (χ4v) is 10.4. The van der Waals surface area contributed by atoms with E-state index in [0.717, 1.165) is 38.5 Å². The summed E-state index contributed by atoms with van der Waals surface area (Å²) >= 11 is 0. The van der Waals surface area contributed by atoms with Crippen molar-refractivity contribution in [1.82, 2.24) is 5.32 Å². The molecule has 73 heavy (non-hydrogen) atoms. The number of hydrogen-bond acceptors (Lipinski definition) is 3. The molecule has 0 bridgehead atoms. The van der Waals surface area contributed by atoms with Gasteiger partial charge in [0, 0.05) is 6.42 Å². The van der Waals surface area contributed by atoms with Crippen LogP contribution in [0.1, 0.15) is 367 Å². The molecule has 0 spiro atoms. The summed E-state index contributed by atoms with van der Waals surface area (Å²) in [5.41, 5.74) is 0. The molecule has 0 fully saturated rings. The van der Waals surface area contributed by atoms with E-state index < -0.39 is 12.1 Å². The number of amides is 1. The summed E-state index contributed by atoms with van der Waals surface area (Å²) in [6, 6.07) is -0.647. The SMILES string of the molecule is CCCCCCCCCCCCCCCC/C=C/CC/C=C/CC/C=C/C(O)C(CO)NC(=O)CCCCCCCCCCCCCCCCCCC/C=C\CCCCCCCCCCCCCCCCCC. The minimum atomic E-state index is -0.872. The van der Waals surface area contributed by atoms with E-state index in [1.54, 1.807) is 6.08 Å². The Morgan fingerprint density at radius 1 is 0.315 bits per heavy atom. The molecule has 0 aromatic heterocycles. The number of carbonyl (C=O) groups excluding carboxylic acids is 1. The standard InChI is InChI=1S/C69H131NO3/c1-3-5-7-9-11-13-15-17-19-21-23-25-27-29-30-31-32-33-34-35-36-37-38-39-40-41-43-45-47-49-51-53-55-57-59-61-63-65-69(73)70-67(66-71)68(72)64-62-60-58-56-54-52-50-48-46-44-42-28-26-24-22-20-18-16-14-12-10-8-6-4-2/h33-34,46,48,54,56,62,64,67-68,71-72H,3-32,35-45,47,49-53,55,57-61,63,65-66H2,1-2H3,(H,70,73)/b34-33-,48-46+,56-54+,64-62+. The van der Waals surface area contributed by atoms with Crippen molar-refractivity contribution in [3.63, 3.8) is 0 Å². The van der Waals surface area contributed by atoms with Crippen molar-refractivity contribution in [3.8, 4) is 0 Å². The maximum atomic E-state index is 12.5. The predicted molar refractivity (Wildman–Crippen MR) is 327 cm³/mol. The Balaban J connectivity index is 3.46. The molecule has 0 aromatic rings. The Bertz CT molecular complexity index is 1160. The first-order chi connectivity index (χ1) is 36.2. The van der Waals surface area contributed by atoms with Gasteiger partial charge in [-0.1, -0.05) is 339 Å². The first-order valence-electron chi connectivity index (χ1n) is 33.4. The molecule has 0 radical (unpaired) electrons. The van der Waals surface area contributed by atoms with Crippen LogP contribution in [0.25, 0.3) is 0 Å². The monoisotopic (exact) mass is 1020 g/mol. The Labute approximate surface area is 458 Å². The van der Waals surface area contributed by atoms with E-state index >= 15 is 0 Å². The lowest BCUT2D eigenvalue weighted by Gasteiger charge is -2.19. The first-order valence-corrected chi connectivity index (χ1v) is 33.4. The average molecular weight is 1020 g/mol. The van der Waals surface area contributed by atoms with Gasteiger partial charge in [0.25, 0.3) is 0 Å². The van der Waals surface area contributed by atoms with E-state index in [1.807, 2.05) is 6.08 Å². The van der Waals surface area contributed by atoms with Crippen molar-refractivity contribution in [2.75, 3.05) is 6.61 Å². The highest BCUT2D eigenvalue weighted by Gasteiger charge is 2.18. The predicted octanol–water partition coefficient (Wildman–Crippen LogP) is 22.5. The largest absolute Gasteiger partial charge is 0.394 e. The van der Waals surface area contributed by atoms with Crippen LogP contribution in [0, 0.1) is 0 Å². The van der Waals surface area contributed by atoms with Crippen LogP contribution < -0.4 is 5.32 Å². The Hall–Kier alpha value is -1.65. The maximum Gasteiger partial charge on any atom is 0.220 e. The fourth-order valence-electron chi connectivity index (χ4n) is 10.4. The Kier molecular flexibility index (Phi) is 63.2. The van der Waals surface area contributed by atoms with E-state index in [-0.39, 0.29) is 12.5 Å². The number of carbonyl (C=O) groups is 1. The number of allylic oxidation sites excluding steroid dienone is 7. The molecule has 0 aliphatic carbocycles. The molecule has 0 aromatic carbocycles. The molecule has 2 unspecified atom stereocenters. The molecule has 4 nitrogen and oxygen atoms in total. The van der Waals surface area contributed by atoms with Gasteiger partial charge in [0.1, 0.15) is 0 Å². The van der Waals surface area contributed by atoms with Crippen LogP contribution in [0.3, 0.4) is 0 Å². The topological polar surface area (TPSA) is 69.6 Å². The highest BCUT2D eigenvalue weighted by Crippen LogP contribution is 2.18. The summed E-state index contributed by atoms with van der Waals surface area (Å²) in [5, 5.41) is 23.2. The Morgan fingerprint density at radius 2 is 0.534 bits per heavy atom. The average Bonchev–Trinajstić information content (AvgIpc) is 3.40. The van der Waals surface area contributed by atoms with Crippen molar-refractivity contribution < 1.29 is 15.0 Å². The lowest BCUT2D eigenvalue weighted by molar-refractivity contribution is -0.123. The van der Waals surface area contributed by atoms with Crippen molar-refractivity contribution >= 4 is 5.91 Å². The van der Waals surface area contributed by atoms with Gasteiger partial charge in [0.05, 0.1) is 18.8 Å². The molecule has 3 N–H and O–H groups in total. The van der Waals surface area contributed by atoms with Crippen LogP contribution in [-0.2, 0) is 4.79 Å². The molecular weight excluding hydrogens is 891 g/mol. The van der Waals surface area contributed by atoms with Gasteiger partial charge >= 0.3 is 0 Å². The van der Waals surface area contributed by atoms with Gasteiger partial charge in [-0.15, -0.1) is 0 Å². The number of aliphatic hydroxyl groups excluding tert-OH is 2. The van der Waals surface area contributed by atoms with E-state index in [9.17, 15) is 15.0 Å². The highest BCUT2D eigenvalue weighted by molar-refractivity contribution is 5.76. The second-order valence-electron chi connectivity index (χ2n) is 22.9. The zero-order valence-corrected chi connectivity index (χ0v) is 49.7. The number of unbranched alkanes of at least 4 members (excludes halogenated alkanes) is 49. The van der Waals surface area contributed by atoms with Gasteiger partial charge in [0.2, 0.25) is 5.91 Å². The van der Waals surface area contributed by atoms with Gasteiger partial charge < -0.3 is 15.5 Å². The van der Waals surface area contributed by atoms with E-state index in [0.29, 0.717) is 6.42 Å². The van der Waals surface area contributed by atoms with Gasteiger partial charge in [0.15, 0.2) is 0 Å². The van der Waals surface area contributed by atoms with Crippen LogP contribution in [-0.4, -0.2) is 34.9 Å². The quantitative estimate of drug-likeness (QED) is 0.0420. The van der Waals surface area contributed by atoms with Gasteiger partial charge in [-0.25, -0.2) is 0 Å². The molecule has 2 atom stereocenters. The second kappa shape index (κ2) is 64.6. The molecule has 0 aliphatic heterocycles. The molecule has 0 saturated carbocycles. The number of hydrogen-bond donors (Lipinski definition) is 3. The van der Waals surface area contributed by atoms with Gasteiger partial charge in [-0.3, -0.25) is 4.79 Å². The van der Waals surface area contributed by atoms with E-state index in [4.69, 9.17) is 0 Å². The third kappa shape index (κ3) is 61.1. The van der Waals surface area contributed by atoms with Crippen LogP contribution in [0.15, 0.2) is 48.6 Å². The lowest BCUT2D eigenvalue weighted by Crippen LogP contribution is -2.45. The third-order valence-corrected chi connectivity index (χ3v) is 15.5. The molecule has 0 rings (SSSR count). The zero-order chi connectivity index (χ0) is 52.7. The number of nitrogens with one attached hydrogen (secondary N) is 1. The smallest absolute Gasteiger partial charge is 0.220 e. The van der Waals surface area contributed by atoms with Crippen molar-refractivity contribution in [3.05, 3.63) is 48.6 Å². The molecule has 0 aliphatic rings. The summed E-state index contributed by atoms with van der Waals surface area (Å²) in [7, 11) is 0. The molecule has 4 heteroatoms. The van der Waals surface area contributed by atoms with Crippen LogP contribution >= 0.6 is 0 Å². The maximum absolute atomic E-state index is 12.5. The summed E-state index contributed by atoms with van der Waals surface area (Å²) in [4.78, 5) is 12.5. The molecule has 1 amide bonds. The summed E-state index contributed by atoms with van der Waals surface area (Å²) < 4.78 is 0. The first kappa shape index (κ1) is 71.3. The van der Waals surface area contributed by atoms with Gasteiger partial charge in [-0.05, 0) is 70.6 Å². The summed E-state index contributed by atoms with van der Waals surface area (Å²) in [6.45, 7) is 4.33. The fraction of sp³-hybridized carbons (Fsp3) is 0.870. The summed E-state index contributed by atoms with van der Waals surface area (Å²) in [6.07, 6.45) is 90.5. The van der Waals surface area contributed by atoms with Gasteiger partial charge in [-0.2, -0.15) is 0 Å². The number of rotatable bonds is 62. The molecule has 0 heterocycles.